The predicted octanol–water partition coefficient (Wildman–Crippen LogP) is 0.931. The van der Waals surface area contributed by atoms with Crippen LogP contribution in [0.4, 0.5) is 0 Å². The molecule has 0 aromatic heterocycles. The van der Waals surface area contributed by atoms with Gasteiger partial charge in [-0.05, 0) is 40.2 Å². The lowest BCUT2D eigenvalue weighted by Gasteiger charge is -2.30. The molecular weight excluding hydrogens is 206 g/mol. The Labute approximate surface area is 98.3 Å². The van der Waals surface area contributed by atoms with Crippen LogP contribution in [0.3, 0.4) is 0 Å². The van der Waals surface area contributed by atoms with Gasteiger partial charge in [0.05, 0.1) is 25.4 Å². The minimum Gasteiger partial charge on any atom is -0.394 e. The molecule has 0 aliphatic carbocycles. The topological polar surface area (TPSA) is 50.7 Å². The molecule has 2 N–H and O–H groups in total. The lowest BCUT2D eigenvalue weighted by atomic mass is 9.96. The van der Waals surface area contributed by atoms with Crippen LogP contribution in [-0.2, 0) is 9.47 Å². The highest BCUT2D eigenvalue weighted by molar-refractivity contribution is 4.83. The monoisotopic (exact) mass is 231 g/mol. The van der Waals surface area contributed by atoms with Gasteiger partial charge in [-0.2, -0.15) is 0 Å². The van der Waals surface area contributed by atoms with Gasteiger partial charge >= 0.3 is 0 Å². The van der Waals surface area contributed by atoms with Gasteiger partial charge in [0.15, 0.2) is 0 Å². The first-order chi connectivity index (χ1) is 7.59. The summed E-state index contributed by atoms with van der Waals surface area (Å²) in [5, 5.41) is 12.4. The molecule has 16 heavy (non-hydrogen) atoms. The Morgan fingerprint density at radius 1 is 1.62 bits per heavy atom. The third-order valence-electron chi connectivity index (χ3n) is 3.28. The molecule has 4 heteroatoms. The quantitative estimate of drug-likeness (QED) is 0.684. The summed E-state index contributed by atoms with van der Waals surface area (Å²) >= 11 is 0. The van der Waals surface area contributed by atoms with Gasteiger partial charge in [0, 0.05) is 12.1 Å². The van der Waals surface area contributed by atoms with Gasteiger partial charge in [-0.25, -0.2) is 0 Å². The van der Waals surface area contributed by atoms with E-state index < -0.39 is 0 Å². The molecule has 1 aliphatic rings. The van der Waals surface area contributed by atoms with E-state index in [2.05, 4.69) is 5.32 Å². The number of hydrogen-bond acceptors (Lipinski definition) is 4. The Balaban J connectivity index is 2.21. The van der Waals surface area contributed by atoms with Gasteiger partial charge in [0.25, 0.3) is 0 Å². The van der Waals surface area contributed by atoms with E-state index in [0.717, 1.165) is 25.9 Å². The maximum Gasteiger partial charge on any atom is 0.0809 e. The van der Waals surface area contributed by atoms with Crippen molar-refractivity contribution < 1.29 is 14.6 Å². The van der Waals surface area contributed by atoms with Crippen LogP contribution in [0.5, 0.6) is 0 Å². The molecule has 96 valence electrons. The summed E-state index contributed by atoms with van der Waals surface area (Å²) < 4.78 is 11.2. The fourth-order valence-corrected chi connectivity index (χ4v) is 1.99. The summed E-state index contributed by atoms with van der Waals surface area (Å²) in [6, 6.07) is 0. The summed E-state index contributed by atoms with van der Waals surface area (Å²) in [4.78, 5) is 0. The second kappa shape index (κ2) is 6.55. The minimum atomic E-state index is -0.254. The largest absolute Gasteiger partial charge is 0.394 e. The van der Waals surface area contributed by atoms with E-state index in [1.54, 1.807) is 0 Å². The number of hydrogen-bond donors (Lipinski definition) is 2. The van der Waals surface area contributed by atoms with Crippen LogP contribution in [0.25, 0.3) is 0 Å². The number of ether oxygens (including phenoxy) is 2. The number of nitrogens with one attached hydrogen (secondary N) is 1. The first kappa shape index (κ1) is 13.9. The lowest BCUT2D eigenvalue weighted by molar-refractivity contribution is -0.0279. The van der Waals surface area contributed by atoms with Gasteiger partial charge in [0.2, 0.25) is 0 Å². The van der Waals surface area contributed by atoms with E-state index in [0.29, 0.717) is 6.61 Å². The summed E-state index contributed by atoms with van der Waals surface area (Å²) in [6.45, 7) is 5.70. The third-order valence-corrected chi connectivity index (χ3v) is 3.28. The fourth-order valence-electron chi connectivity index (χ4n) is 1.99. The van der Waals surface area contributed by atoms with Crippen molar-refractivity contribution in [2.24, 2.45) is 0 Å². The Bertz CT molecular complexity index is 189. The molecule has 3 unspecified atom stereocenters. The molecule has 0 amide bonds. The van der Waals surface area contributed by atoms with Gasteiger partial charge in [-0.15, -0.1) is 0 Å². The number of aliphatic hydroxyl groups excluding tert-OH is 1. The number of likely N-dealkylation sites (N-methyl/N-ethyl adjacent to an activating group) is 1. The summed E-state index contributed by atoms with van der Waals surface area (Å²) in [7, 11) is 1.86. The van der Waals surface area contributed by atoms with Gasteiger partial charge < -0.3 is 19.9 Å². The smallest absolute Gasteiger partial charge is 0.0809 e. The highest BCUT2D eigenvalue weighted by atomic mass is 16.5. The van der Waals surface area contributed by atoms with Gasteiger partial charge in [-0.1, -0.05) is 0 Å². The molecule has 4 nitrogen and oxygen atoms in total. The normalized spacial score (nSPS) is 26.6. The maximum absolute atomic E-state index is 9.27. The molecule has 0 spiro atoms. The van der Waals surface area contributed by atoms with Crippen LogP contribution in [0.1, 0.15) is 33.1 Å². The van der Waals surface area contributed by atoms with E-state index in [-0.39, 0.29) is 24.4 Å². The Hall–Kier alpha value is -0.160. The van der Waals surface area contributed by atoms with Crippen molar-refractivity contribution in [3.63, 3.8) is 0 Å². The second-order valence-electron chi connectivity index (χ2n) is 4.95. The zero-order valence-electron chi connectivity index (χ0n) is 10.7. The van der Waals surface area contributed by atoms with Crippen LogP contribution in [-0.4, -0.2) is 49.7 Å². The van der Waals surface area contributed by atoms with Crippen molar-refractivity contribution in [2.75, 3.05) is 26.9 Å². The van der Waals surface area contributed by atoms with Crippen LogP contribution in [0, 0.1) is 0 Å². The van der Waals surface area contributed by atoms with E-state index in [1.165, 1.54) is 0 Å². The van der Waals surface area contributed by atoms with E-state index >= 15 is 0 Å². The molecular formula is C12H25NO3. The molecule has 1 saturated heterocycles. The Kier molecular flexibility index (Phi) is 5.69. The van der Waals surface area contributed by atoms with E-state index in [4.69, 9.17) is 9.47 Å². The van der Waals surface area contributed by atoms with Crippen molar-refractivity contribution in [3.05, 3.63) is 0 Å². The van der Waals surface area contributed by atoms with Crippen molar-refractivity contribution in [3.8, 4) is 0 Å². The van der Waals surface area contributed by atoms with Crippen LogP contribution < -0.4 is 5.32 Å². The first-order valence-corrected chi connectivity index (χ1v) is 6.12. The Morgan fingerprint density at radius 3 is 2.88 bits per heavy atom. The van der Waals surface area contributed by atoms with E-state index in [1.807, 2.05) is 20.9 Å². The Morgan fingerprint density at radius 2 is 2.38 bits per heavy atom. The fraction of sp³-hybridized carbons (Fsp3) is 1.00. The molecule has 1 heterocycles. The molecule has 0 saturated carbocycles. The molecule has 0 radical (unpaired) electrons. The minimum absolute atomic E-state index is 0.122. The highest BCUT2D eigenvalue weighted by Gasteiger charge is 2.25. The SMILES string of the molecule is CNC(C)(CO)CC(C)OCC1CCCO1. The van der Waals surface area contributed by atoms with Crippen molar-refractivity contribution >= 4 is 0 Å². The molecule has 1 fully saturated rings. The highest BCUT2D eigenvalue weighted by Crippen LogP contribution is 2.16. The van der Waals surface area contributed by atoms with Gasteiger partial charge in [-0.3, -0.25) is 0 Å². The van der Waals surface area contributed by atoms with Crippen molar-refractivity contribution in [1.82, 2.24) is 5.32 Å². The summed E-state index contributed by atoms with van der Waals surface area (Å²) in [5.74, 6) is 0. The number of rotatable bonds is 7. The second-order valence-corrected chi connectivity index (χ2v) is 4.95. The molecule has 1 rings (SSSR count). The average molecular weight is 231 g/mol. The molecule has 0 aromatic rings. The van der Waals surface area contributed by atoms with Crippen molar-refractivity contribution in [1.29, 1.82) is 0 Å². The summed E-state index contributed by atoms with van der Waals surface area (Å²) in [5.41, 5.74) is -0.254. The summed E-state index contributed by atoms with van der Waals surface area (Å²) in [6.07, 6.45) is 3.46. The van der Waals surface area contributed by atoms with Crippen molar-refractivity contribution in [2.45, 2.75) is 50.9 Å². The van der Waals surface area contributed by atoms with Crippen LogP contribution in [0.15, 0.2) is 0 Å². The predicted molar refractivity (Wildman–Crippen MR) is 63.6 cm³/mol. The first-order valence-electron chi connectivity index (χ1n) is 6.12. The molecule has 0 aromatic carbocycles. The average Bonchev–Trinajstić information content (AvgIpc) is 2.79. The van der Waals surface area contributed by atoms with Gasteiger partial charge in [0.1, 0.15) is 0 Å². The molecule has 3 atom stereocenters. The van der Waals surface area contributed by atoms with Crippen LogP contribution in [0.2, 0.25) is 0 Å². The van der Waals surface area contributed by atoms with Crippen LogP contribution >= 0.6 is 0 Å². The number of aliphatic hydroxyl groups is 1. The zero-order valence-corrected chi connectivity index (χ0v) is 10.7. The zero-order chi connectivity index (χ0) is 12.0. The standard InChI is InChI=1S/C12H25NO3/c1-10(7-12(2,9-14)13-3)16-8-11-5-4-6-15-11/h10-11,13-14H,4-9H2,1-3H3. The third kappa shape index (κ3) is 4.37. The maximum atomic E-state index is 9.27. The van der Waals surface area contributed by atoms with E-state index in [9.17, 15) is 5.11 Å². The lowest BCUT2D eigenvalue weighted by Crippen LogP contribution is -2.46. The molecule has 1 aliphatic heterocycles. The molecule has 0 bridgehead atoms.